The summed E-state index contributed by atoms with van der Waals surface area (Å²) in [5.41, 5.74) is 0.356. The number of aromatic carboxylic acids is 1. The number of nitrogens with zero attached hydrogens (tertiary/aromatic N) is 1. The number of amides is 2. The number of hydrogen-bond acceptors (Lipinski definition) is 3. The van der Waals surface area contributed by atoms with Gasteiger partial charge in [0.25, 0.3) is 0 Å². The molecule has 0 aliphatic heterocycles. The van der Waals surface area contributed by atoms with Crippen LogP contribution in [0.25, 0.3) is 10.9 Å². The predicted octanol–water partition coefficient (Wildman–Crippen LogP) is 4.16. The van der Waals surface area contributed by atoms with Crippen LogP contribution in [0.5, 0.6) is 0 Å². The summed E-state index contributed by atoms with van der Waals surface area (Å²) in [6.45, 7) is 2.54. The van der Waals surface area contributed by atoms with E-state index in [1.54, 1.807) is 0 Å². The van der Waals surface area contributed by atoms with Crippen molar-refractivity contribution >= 4 is 51.8 Å². The van der Waals surface area contributed by atoms with E-state index in [-0.39, 0.29) is 16.4 Å². The molecule has 0 bridgehead atoms. The quantitative estimate of drug-likeness (QED) is 0.702. The first-order valence-corrected chi connectivity index (χ1v) is 7.76. The van der Waals surface area contributed by atoms with Gasteiger partial charge in [-0.05, 0) is 24.6 Å². The predicted molar refractivity (Wildman–Crippen MR) is 90.7 cm³/mol. The Morgan fingerprint density at radius 1 is 1.26 bits per heavy atom. The summed E-state index contributed by atoms with van der Waals surface area (Å²) in [5.74, 6) is -1.21. The van der Waals surface area contributed by atoms with E-state index in [2.05, 4.69) is 15.6 Å². The second kappa shape index (κ2) is 7.48. The Kier molecular flexibility index (Phi) is 5.63. The Morgan fingerprint density at radius 3 is 2.65 bits per heavy atom. The maximum Gasteiger partial charge on any atom is 0.354 e. The average molecular weight is 356 g/mol. The van der Waals surface area contributed by atoms with Crippen LogP contribution in [0, 0.1) is 0 Å². The van der Waals surface area contributed by atoms with Crippen LogP contribution in [0.2, 0.25) is 10.0 Å². The van der Waals surface area contributed by atoms with Gasteiger partial charge in [-0.3, -0.25) is 0 Å². The molecular weight excluding hydrogens is 341 g/mol. The molecule has 0 atom stereocenters. The van der Waals surface area contributed by atoms with Crippen LogP contribution in [0.15, 0.2) is 18.2 Å². The molecule has 0 saturated heterocycles. The number of unbranched alkanes of at least 4 members (excludes halogenated alkanes) is 1. The number of benzene rings is 1. The number of carbonyl (C=O) groups is 2. The molecule has 23 heavy (non-hydrogen) atoms. The van der Waals surface area contributed by atoms with Gasteiger partial charge in [0.05, 0.1) is 16.2 Å². The number of hydrogen-bond donors (Lipinski definition) is 3. The Bertz CT molecular complexity index is 765. The number of nitrogens with one attached hydrogen (secondary N) is 2. The van der Waals surface area contributed by atoms with E-state index in [9.17, 15) is 9.59 Å². The first-order valence-electron chi connectivity index (χ1n) is 7.00. The van der Waals surface area contributed by atoms with Crippen LogP contribution < -0.4 is 10.6 Å². The van der Waals surface area contributed by atoms with Crippen molar-refractivity contribution in [2.45, 2.75) is 19.8 Å². The number of halogens is 2. The minimum absolute atomic E-state index is 0.209. The maximum absolute atomic E-state index is 11.9. The van der Waals surface area contributed by atoms with Crippen LogP contribution in [0.4, 0.5) is 10.5 Å². The number of urea groups is 1. The minimum atomic E-state index is -1.21. The maximum atomic E-state index is 11.9. The van der Waals surface area contributed by atoms with Crippen molar-refractivity contribution in [1.29, 1.82) is 0 Å². The summed E-state index contributed by atoms with van der Waals surface area (Å²) >= 11 is 12.1. The molecule has 2 amide bonds. The molecule has 6 nitrogen and oxygen atoms in total. The average Bonchev–Trinajstić information content (AvgIpc) is 2.46. The van der Waals surface area contributed by atoms with Gasteiger partial charge in [-0.15, -0.1) is 0 Å². The summed E-state index contributed by atoms with van der Waals surface area (Å²) in [6.07, 6.45) is 1.80. The molecule has 1 aromatic heterocycles. The lowest BCUT2D eigenvalue weighted by atomic mass is 10.1. The highest BCUT2D eigenvalue weighted by molar-refractivity contribution is 6.39. The molecule has 0 aliphatic rings. The molecule has 2 rings (SSSR count). The van der Waals surface area contributed by atoms with Crippen LogP contribution in [-0.2, 0) is 0 Å². The summed E-state index contributed by atoms with van der Waals surface area (Å²) in [4.78, 5) is 27.1. The molecule has 0 fully saturated rings. The fraction of sp³-hybridized carbons (Fsp3) is 0.267. The Balaban J connectivity index is 2.44. The Morgan fingerprint density at radius 2 is 2.00 bits per heavy atom. The smallest absolute Gasteiger partial charge is 0.354 e. The molecule has 0 unspecified atom stereocenters. The molecule has 8 heteroatoms. The number of anilines is 1. The van der Waals surface area contributed by atoms with Crippen molar-refractivity contribution in [3.8, 4) is 0 Å². The molecule has 0 radical (unpaired) electrons. The van der Waals surface area contributed by atoms with Crippen molar-refractivity contribution in [1.82, 2.24) is 10.3 Å². The normalized spacial score (nSPS) is 10.6. The molecule has 2 aromatic rings. The van der Waals surface area contributed by atoms with E-state index < -0.39 is 12.0 Å². The van der Waals surface area contributed by atoms with Crippen molar-refractivity contribution in [3.63, 3.8) is 0 Å². The second-order valence-electron chi connectivity index (χ2n) is 4.88. The number of rotatable bonds is 5. The van der Waals surface area contributed by atoms with Gasteiger partial charge in [0.15, 0.2) is 5.69 Å². The fourth-order valence-corrected chi connectivity index (χ4v) is 2.62. The van der Waals surface area contributed by atoms with Gasteiger partial charge < -0.3 is 15.7 Å². The zero-order chi connectivity index (χ0) is 17.0. The molecular formula is C15H15Cl2N3O3. The number of carboxylic acid groups (broad SMARTS) is 1. The first-order chi connectivity index (χ1) is 10.9. The van der Waals surface area contributed by atoms with E-state index in [4.69, 9.17) is 28.3 Å². The summed E-state index contributed by atoms with van der Waals surface area (Å²) < 4.78 is 0. The van der Waals surface area contributed by atoms with Gasteiger partial charge in [0, 0.05) is 17.0 Å². The zero-order valence-electron chi connectivity index (χ0n) is 12.3. The van der Waals surface area contributed by atoms with Gasteiger partial charge in [0.2, 0.25) is 0 Å². The third kappa shape index (κ3) is 4.24. The standard InChI is InChI=1S/C15H15Cl2N3O3/c1-2-3-4-18-15(23)20-11-7-12(14(21)22)19-10-6-8(16)5-9(17)13(10)11/h5-7H,2-4H2,1H3,(H,21,22)(H2,18,19,20,23). The monoisotopic (exact) mass is 355 g/mol. The first kappa shape index (κ1) is 17.3. The molecule has 1 aromatic carbocycles. The largest absolute Gasteiger partial charge is 0.477 e. The summed E-state index contributed by atoms with van der Waals surface area (Å²) in [7, 11) is 0. The van der Waals surface area contributed by atoms with Crippen molar-refractivity contribution in [3.05, 3.63) is 33.9 Å². The molecule has 122 valence electrons. The van der Waals surface area contributed by atoms with Gasteiger partial charge >= 0.3 is 12.0 Å². The van der Waals surface area contributed by atoms with Crippen LogP contribution in [0.1, 0.15) is 30.3 Å². The van der Waals surface area contributed by atoms with Gasteiger partial charge in [-0.2, -0.15) is 0 Å². The highest BCUT2D eigenvalue weighted by Crippen LogP contribution is 2.33. The van der Waals surface area contributed by atoms with E-state index in [1.807, 2.05) is 6.92 Å². The van der Waals surface area contributed by atoms with Crippen LogP contribution in [0.3, 0.4) is 0 Å². The van der Waals surface area contributed by atoms with Gasteiger partial charge in [-0.25, -0.2) is 14.6 Å². The number of fused-ring (bicyclic) bond motifs is 1. The van der Waals surface area contributed by atoms with Crippen LogP contribution >= 0.6 is 23.2 Å². The van der Waals surface area contributed by atoms with Crippen LogP contribution in [-0.4, -0.2) is 28.6 Å². The third-order valence-corrected chi connectivity index (χ3v) is 3.62. The number of aromatic nitrogens is 1. The second-order valence-corrected chi connectivity index (χ2v) is 5.72. The number of pyridine rings is 1. The lowest BCUT2D eigenvalue weighted by molar-refractivity contribution is 0.0691. The van der Waals surface area contributed by atoms with Crippen molar-refractivity contribution < 1.29 is 14.7 Å². The molecule has 3 N–H and O–H groups in total. The number of carboxylic acids is 1. The molecule has 0 saturated carbocycles. The van der Waals surface area contributed by atoms with E-state index in [0.717, 1.165) is 12.8 Å². The minimum Gasteiger partial charge on any atom is -0.477 e. The zero-order valence-corrected chi connectivity index (χ0v) is 13.8. The third-order valence-electron chi connectivity index (χ3n) is 3.11. The van der Waals surface area contributed by atoms with E-state index in [0.29, 0.717) is 22.5 Å². The van der Waals surface area contributed by atoms with E-state index >= 15 is 0 Å². The molecule has 0 aliphatic carbocycles. The highest BCUT2D eigenvalue weighted by Gasteiger charge is 2.15. The van der Waals surface area contributed by atoms with Crippen molar-refractivity contribution in [2.75, 3.05) is 11.9 Å². The summed E-state index contributed by atoms with van der Waals surface area (Å²) in [6, 6.07) is 3.83. The summed E-state index contributed by atoms with van der Waals surface area (Å²) in [5, 5.41) is 15.5. The lowest BCUT2D eigenvalue weighted by Crippen LogP contribution is -2.29. The Hall–Kier alpha value is -2.05. The number of carbonyl (C=O) groups excluding carboxylic acids is 1. The van der Waals surface area contributed by atoms with Crippen molar-refractivity contribution in [2.24, 2.45) is 0 Å². The molecule has 1 heterocycles. The van der Waals surface area contributed by atoms with Gasteiger partial charge in [-0.1, -0.05) is 36.5 Å². The Labute approximate surface area is 142 Å². The topological polar surface area (TPSA) is 91.3 Å². The lowest BCUT2D eigenvalue weighted by Gasteiger charge is -2.12. The SMILES string of the molecule is CCCCNC(=O)Nc1cc(C(=O)O)nc2cc(Cl)cc(Cl)c12. The fourth-order valence-electron chi connectivity index (χ4n) is 2.04. The highest BCUT2D eigenvalue weighted by atomic mass is 35.5. The molecule has 0 spiro atoms. The van der Waals surface area contributed by atoms with E-state index in [1.165, 1.54) is 18.2 Å². The van der Waals surface area contributed by atoms with Gasteiger partial charge in [0.1, 0.15) is 0 Å².